The second-order valence-electron chi connectivity index (χ2n) is 4.34. The van der Waals surface area contributed by atoms with Crippen LogP contribution in [0, 0.1) is 0 Å². The standard InChI is InChI=1S/C16H19NO3/c18-15(12-6-7-13-16(19)17-20)11-5-4-10-14-8-2-1-3-9-14/h1-5,8-11,20H,6-7,12-13H2,(H,17,19)/b10-4+,11-5+. The zero-order valence-corrected chi connectivity index (χ0v) is 11.3. The summed E-state index contributed by atoms with van der Waals surface area (Å²) >= 11 is 0. The van der Waals surface area contributed by atoms with Gasteiger partial charge in [-0.2, -0.15) is 0 Å². The number of carbonyl (C=O) groups is 2. The van der Waals surface area contributed by atoms with Crippen LogP contribution in [0.2, 0.25) is 0 Å². The van der Waals surface area contributed by atoms with E-state index < -0.39 is 5.91 Å². The van der Waals surface area contributed by atoms with Gasteiger partial charge in [0.15, 0.2) is 5.78 Å². The minimum absolute atomic E-state index is 0.0344. The molecule has 1 amide bonds. The molecule has 0 fully saturated rings. The summed E-state index contributed by atoms with van der Waals surface area (Å²) in [6.07, 6.45) is 8.88. The molecule has 0 aliphatic rings. The lowest BCUT2D eigenvalue weighted by atomic mass is 10.1. The van der Waals surface area contributed by atoms with Gasteiger partial charge in [0.25, 0.3) is 0 Å². The lowest BCUT2D eigenvalue weighted by molar-refractivity contribution is -0.129. The van der Waals surface area contributed by atoms with Crippen molar-refractivity contribution in [3.05, 3.63) is 54.1 Å². The van der Waals surface area contributed by atoms with Crippen molar-refractivity contribution in [2.24, 2.45) is 0 Å². The summed E-state index contributed by atoms with van der Waals surface area (Å²) in [7, 11) is 0. The van der Waals surface area contributed by atoms with Crippen LogP contribution in [0.5, 0.6) is 0 Å². The molecule has 1 aromatic carbocycles. The molecule has 20 heavy (non-hydrogen) atoms. The number of nitrogens with one attached hydrogen (secondary N) is 1. The third-order valence-electron chi connectivity index (χ3n) is 2.68. The summed E-state index contributed by atoms with van der Waals surface area (Å²) in [5.41, 5.74) is 2.65. The van der Waals surface area contributed by atoms with Crippen LogP contribution in [-0.2, 0) is 9.59 Å². The number of hydrogen-bond acceptors (Lipinski definition) is 3. The van der Waals surface area contributed by atoms with E-state index in [4.69, 9.17) is 5.21 Å². The predicted molar refractivity (Wildman–Crippen MR) is 78.0 cm³/mol. The van der Waals surface area contributed by atoms with Gasteiger partial charge >= 0.3 is 0 Å². The highest BCUT2D eigenvalue weighted by atomic mass is 16.5. The fourth-order valence-corrected chi connectivity index (χ4v) is 1.62. The Morgan fingerprint density at radius 2 is 1.75 bits per heavy atom. The van der Waals surface area contributed by atoms with E-state index in [9.17, 15) is 9.59 Å². The van der Waals surface area contributed by atoms with Gasteiger partial charge in [0.2, 0.25) is 5.91 Å². The summed E-state index contributed by atoms with van der Waals surface area (Å²) in [6, 6.07) is 9.83. The number of hydroxylamine groups is 1. The Kier molecular flexibility index (Phi) is 7.69. The number of unbranched alkanes of at least 4 members (excludes halogenated alkanes) is 1. The Bertz CT molecular complexity index is 478. The van der Waals surface area contributed by atoms with Gasteiger partial charge < -0.3 is 0 Å². The van der Waals surface area contributed by atoms with Gasteiger partial charge in [0.1, 0.15) is 0 Å². The maximum Gasteiger partial charge on any atom is 0.243 e. The molecule has 0 aliphatic heterocycles. The minimum Gasteiger partial charge on any atom is -0.295 e. The van der Waals surface area contributed by atoms with Crippen molar-refractivity contribution < 1.29 is 14.8 Å². The van der Waals surface area contributed by atoms with Gasteiger partial charge in [-0.25, -0.2) is 5.48 Å². The molecule has 0 atom stereocenters. The molecular formula is C16H19NO3. The Hall–Kier alpha value is -2.20. The van der Waals surface area contributed by atoms with Crippen LogP contribution in [0.15, 0.2) is 48.6 Å². The van der Waals surface area contributed by atoms with Crippen LogP contribution in [0.4, 0.5) is 0 Å². The second-order valence-corrected chi connectivity index (χ2v) is 4.34. The second kappa shape index (κ2) is 9.69. The highest BCUT2D eigenvalue weighted by Crippen LogP contribution is 2.03. The zero-order chi connectivity index (χ0) is 14.6. The molecule has 0 aromatic heterocycles. The van der Waals surface area contributed by atoms with Crippen LogP contribution in [-0.4, -0.2) is 16.9 Å². The van der Waals surface area contributed by atoms with Gasteiger partial charge in [0.05, 0.1) is 0 Å². The van der Waals surface area contributed by atoms with Gasteiger partial charge in [-0.1, -0.05) is 48.6 Å². The van der Waals surface area contributed by atoms with E-state index in [1.165, 1.54) is 6.08 Å². The molecular weight excluding hydrogens is 254 g/mol. The maximum atomic E-state index is 11.5. The van der Waals surface area contributed by atoms with Gasteiger partial charge in [-0.3, -0.25) is 14.8 Å². The van der Waals surface area contributed by atoms with Crippen LogP contribution < -0.4 is 5.48 Å². The van der Waals surface area contributed by atoms with E-state index in [0.29, 0.717) is 19.3 Å². The molecule has 0 heterocycles. The quantitative estimate of drug-likeness (QED) is 0.252. The Balaban J connectivity index is 2.20. The average molecular weight is 273 g/mol. The highest BCUT2D eigenvalue weighted by molar-refractivity contribution is 5.90. The summed E-state index contributed by atoms with van der Waals surface area (Å²) in [6.45, 7) is 0. The third-order valence-corrected chi connectivity index (χ3v) is 2.68. The van der Waals surface area contributed by atoms with Gasteiger partial charge in [-0.05, 0) is 24.5 Å². The first kappa shape index (κ1) is 15.9. The van der Waals surface area contributed by atoms with Gasteiger partial charge in [0, 0.05) is 12.8 Å². The fraction of sp³-hybridized carbons (Fsp3) is 0.250. The van der Waals surface area contributed by atoms with Crippen molar-refractivity contribution in [2.75, 3.05) is 0 Å². The van der Waals surface area contributed by atoms with Gasteiger partial charge in [-0.15, -0.1) is 0 Å². The molecule has 106 valence electrons. The number of carbonyl (C=O) groups excluding carboxylic acids is 2. The molecule has 1 rings (SSSR count). The summed E-state index contributed by atoms with van der Waals surface area (Å²) in [5.74, 6) is -0.383. The molecule has 1 aromatic rings. The SMILES string of the molecule is O=C(/C=C/C=C/c1ccccc1)CCCCC(=O)NO. The van der Waals surface area contributed by atoms with E-state index in [0.717, 1.165) is 5.56 Å². The van der Waals surface area contributed by atoms with Crippen molar-refractivity contribution in [1.82, 2.24) is 5.48 Å². The first-order valence-corrected chi connectivity index (χ1v) is 6.58. The molecule has 0 radical (unpaired) electrons. The van der Waals surface area contributed by atoms with Crippen molar-refractivity contribution >= 4 is 17.8 Å². The Morgan fingerprint density at radius 1 is 1.05 bits per heavy atom. The Morgan fingerprint density at radius 3 is 2.45 bits per heavy atom. The number of rotatable bonds is 8. The average Bonchev–Trinajstić information content (AvgIpc) is 2.49. The number of amides is 1. The molecule has 0 aliphatic carbocycles. The van der Waals surface area contributed by atoms with Crippen LogP contribution in [0.1, 0.15) is 31.2 Å². The lowest BCUT2D eigenvalue weighted by Crippen LogP contribution is -2.17. The monoisotopic (exact) mass is 273 g/mol. The van der Waals surface area contributed by atoms with Crippen LogP contribution in [0.25, 0.3) is 6.08 Å². The lowest BCUT2D eigenvalue weighted by Gasteiger charge is -1.97. The zero-order valence-electron chi connectivity index (χ0n) is 11.3. The molecule has 4 heteroatoms. The van der Waals surface area contributed by atoms with E-state index in [1.54, 1.807) is 11.6 Å². The fourth-order valence-electron chi connectivity index (χ4n) is 1.62. The molecule has 2 N–H and O–H groups in total. The first-order valence-electron chi connectivity index (χ1n) is 6.58. The smallest absolute Gasteiger partial charge is 0.243 e. The molecule has 0 saturated heterocycles. The molecule has 0 unspecified atom stereocenters. The molecule has 0 spiro atoms. The topological polar surface area (TPSA) is 66.4 Å². The van der Waals surface area contributed by atoms with E-state index in [2.05, 4.69) is 0 Å². The summed E-state index contributed by atoms with van der Waals surface area (Å²) in [5, 5.41) is 8.30. The van der Waals surface area contributed by atoms with Crippen molar-refractivity contribution in [3.63, 3.8) is 0 Å². The number of ketones is 1. The minimum atomic E-state index is -0.418. The summed E-state index contributed by atoms with van der Waals surface area (Å²) in [4.78, 5) is 22.2. The number of hydrogen-bond donors (Lipinski definition) is 2. The van der Waals surface area contributed by atoms with E-state index >= 15 is 0 Å². The Labute approximate surface area is 118 Å². The molecule has 0 bridgehead atoms. The molecule has 4 nitrogen and oxygen atoms in total. The third kappa shape index (κ3) is 7.28. The van der Waals surface area contributed by atoms with Crippen LogP contribution >= 0.6 is 0 Å². The van der Waals surface area contributed by atoms with E-state index in [1.807, 2.05) is 42.5 Å². The highest BCUT2D eigenvalue weighted by Gasteiger charge is 2.00. The predicted octanol–water partition coefficient (Wildman–Crippen LogP) is 2.89. The van der Waals surface area contributed by atoms with Crippen molar-refractivity contribution in [2.45, 2.75) is 25.7 Å². The normalized spacial score (nSPS) is 11.1. The maximum absolute atomic E-state index is 11.5. The van der Waals surface area contributed by atoms with Crippen molar-refractivity contribution in [1.29, 1.82) is 0 Å². The van der Waals surface area contributed by atoms with Crippen LogP contribution in [0.3, 0.4) is 0 Å². The summed E-state index contributed by atoms with van der Waals surface area (Å²) < 4.78 is 0. The van der Waals surface area contributed by atoms with Crippen molar-refractivity contribution in [3.8, 4) is 0 Å². The largest absolute Gasteiger partial charge is 0.295 e. The number of allylic oxidation sites excluding steroid dienone is 3. The number of benzene rings is 1. The van der Waals surface area contributed by atoms with E-state index in [-0.39, 0.29) is 12.2 Å². The first-order chi connectivity index (χ1) is 9.72. The molecule has 0 saturated carbocycles.